The van der Waals surface area contributed by atoms with Crippen LogP contribution in [0.5, 0.6) is 0 Å². The van der Waals surface area contributed by atoms with Crippen LogP contribution in [0.25, 0.3) is 0 Å². The molecule has 1 heterocycles. The molecule has 0 aliphatic rings. The van der Waals surface area contributed by atoms with Gasteiger partial charge in [0, 0.05) is 13.5 Å². The highest BCUT2D eigenvalue weighted by Gasteiger charge is 2.26. The standard InChI is InChI=1S/C16H21N5O2/c1-10-5-7-11(8-6-10)16(2,3)9-12(22)18-14-13(15(23)17-4)19-21-20-14/h5-8H,9H2,1-4H3,(H,17,23)(H2,18,19,20,21,22). The first-order chi connectivity index (χ1) is 10.8. The van der Waals surface area contributed by atoms with Gasteiger partial charge in [-0.05, 0) is 17.9 Å². The second kappa shape index (κ2) is 6.60. The van der Waals surface area contributed by atoms with Crippen molar-refractivity contribution in [2.24, 2.45) is 0 Å². The lowest BCUT2D eigenvalue weighted by molar-refractivity contribution is -0.117. The van der Waals surface area contributed by atoms with Crippen LogP contribution in [0.15, 0.2) is 24.3 Å². The lowest BCUT2D eigenvalue weighted by Crippen LogP contribution is -2.27. The van der Waals surface area contributed by atoms with E-state index in [-0.39, 0.29) is 29.3 Å². The molecule has 0 unspecified atom stereocenters. The molecule has 1 aromatic heterocycles. The number of aromatic nitrogens is 3. The monoisotopic (exact) mass is 315 g/mol. The number of nitrogens with zero attached hydrogens (tertiary/aromatic N) is 2. The summed E-state index contributed by atoms with van der Waals surface area (Å²) < 4.78 is 0. The topological polar surface area (TPSA) is 99.8 Å². The zero-order chi connectivity index (χ0) is 17.0. The zero-order valence-electron chi connectivity index (χ0n) is 13.7. The van der Waals surface area contributed by atoms with E-state index in [2.05, 4.69) is 26.0 Å². The molecule has 0 atom stereocenters. The second-order valence-corrected chi connectivity index (χ2v) is 6.07. The van der Waals surface area contributed by atoms with Crippen LogP contribution in [0.1, 0.15) is 41.9 Å². The number of carbonyl (C=O) groups is 2. The molecule has 0 radical (unpaired) electrons. The lowest BCUT2D eigenvalue weighted by Gasteiger charge is -2.24. The van der Waals surface area contributed by atoms with Gasteiger partial charge in [-0.15, -0.1) is 10.2 Å². The van der Waals surface area contributed by atoms with Crippen molar-refractivity contribution >= 4 is 17.6 Å². The molecule has 2 rings (SSSR count). The van der Waals surface area contributed by atoms with E-state index in [4.69, 9.17) is 0 Å². The third-order valence-electron chi connectivity index (χ3n) is 3.68. The van der Waals surface area contributed by atoms with Crippen LogP contribution in [0.3, 0.4) is 0 Å². The van der Waals surface area contributed by atoms with E-state index >= 15 is 0 Å². The Hall–Kier alpha value is -2.70. The Balaban J connectivity index is 2.08. The molecule has 0 aliphatic carbocycles. The van der Waals surface area contributed by atoms with Gasteiger partial charge in [0.2, 0.25) is 5.91 Å². The van der Waals surface area contributed by atoms with E-state index in [1.165, 1.54) is 12.6 Å². The smallest absolute Gasteiger partial charge is 0.275 e. The van der Waals surface area contributed by atoms with E-state index in [1.807, 2.05) is 45.0 Å². The van der Waals surface area contributed by atoms with Gasteiger partial charge in [0.1, 0.15) is 0 Å². The lowest BCUT2D eigenvalue weighted by atomic mass is 9.81. The van der Waals surface area contributed by atoms with Crippen LogP contribution in [0.2, 0.25) is 0 Å². The van der Waals surface area contributed by atoms with Gasteiger partial charge in [-0.25, -0.2) is 0 Å². The average Bonchev–Trinajstić information content (AvgIpc) is 2.94. The third-order valence-corrected chi connectivity index (χ3v) is 3.68. The van der Waals surface area contributed by atoms with Gasteiger partial charge in [0.05, 0.1) is 0 Å². The Morgan fingerprint density at radius 2 is 1.83 bits per heavy atom. The first kappa shape index (κ1) is 16.7. The fraction of sp³-hybridized carbons (Fsp3) is 0.375. The number of amides is 2. The summed E-state index contributed by atoms with van der Waals surface area (Å²) in [6.45, 7) is 6.02. The highest BCUT2D eigenvalue weighted by atomic mass is 16.2. The fourth-order valence-corrected chi connectivity index (χ4v) is 2.28. The summed E-state index contributed by atoms with van der Waals surface area (Å²) in [5.41, 5.74) is 1.97. The highest BCUT2D eigenvalue weighted by Crippen LogP contribution is 2.27. The minimum absolute atomic E-state index is 0.0639. The Labute approximate surface area is 134 Å². The molecule has 0 fully saturated rings. The van der Waals surface area contributed by atoms with Crippen LogP contribution >= 0.6 is 0 Å². The van der Waals surface area contributed by atoms with Crippen molar-refractivity contribution in [2.75, 3.05) is 12.4 Å². The summed E-state index contributed by atoms with van der Waals surface area (Å²) in [5, 5.41) is 15.0. The first-order valence-corrected chi connectivity index (χ1v) is 7.33. The van der Waals surface area contributed by atoms with Gasteiger partial charge in [-0.1, -0.05) is 43.7 Å². The third kappa shape index (κ3) is 3.94. The summed E-state index contributed by atoms with van der Waals surface area (Å²) in [7, 11) is 1.49. The number of nitrogens with one attached hydrogen (secondary N) is 3. The Kier molecular flexibility index (Phi) is 4.78. The zero-order valence-corrected chi connectivity index (χ0v) is 13.7. The molecule has 1 aromatic carbocycles. The quantitative estimate of drug-likeness (QED) is 0.783. The molecule has 7 nitrogen and oxygen atoms in total. The van der Waals surface area contributed by atoms with Crippen LogP contribution in [-0.4, -0.2) is 34.3 Å². The van der Waals surface area contributed by atoms with Gasteiger partial charge < -0.3 is 10.6 Å². The van der Waals surface area contributed by atoms with Crippen molar-refractivity contribution in [1.29, 1.82) is 0 Å². The molecule has 3 N–H and O–H groups in total. The fourth-order valence-electron chi connectivity index (χ4n) is 2.28. The maximum absolute atomic E-state index is 12.3. The van der Waals surface area contributed by atoms with Crippen molar-refractivity contribution in [3.63, 3.8) is 0 Å². The molecule has 2 aromatic rings. The van der Waals surface area contributed by atoms with Crippen molar-refractivity contribution < 1.29 is 9.59 Å². The summed E-state index contributed by atoms with van der Waals surface area (Å²) in [6.07, 6.45) is 0.260. The van der Waals surface area contributed by atoms with E-state index in [0.29, 0.717) is 0 Å². The average molecular weight is 315 g/mol. The minimum atomic E-state index is -0.410. The molecule has 0 saturated heterocycles. The summed E-state index contributed by atoms with van der Waals surface area (Å²) in [6, 6.07) is 8.09. The van der Waals surface area contributed by atoms with E-state index in [0.717, 1.165) is 5.56 Å². The number of benzene rings is 1. The van der Waals surface area contributed by atoms with E-state index in [9.17, 15) is 9.59 Å². The van der Waals surface area contributed by atoms with Crippen LogP contribution < -0.4 is 10.6 Å². The van der Waals surface area contributed by atoms with Crippen LogP contribution in [0, 0.1) is 6.92 Å². The summed E-state index contributed by atoms with van der Waals surface area (Å²) in [5.74, 6) is -0.504. The van der Waals surface area contributed by atoms with E-state index < -0.39 is 5.91 Å². The normalized spacial score (nSPS) is 11.1. The van der Waals surface area contributed by atoms with Crippen molar-refractivity contribution in [1.82, 2.24) is 20.7 Å². The molecule has 7 heteroatoms. The van der Waals surface area contributed by atoms with Crippen molar-refractivity contribution in [3.8, 4) is 0 Å². The maximum atomic E-state index is 12.3. The minimum Gasteiger partial charge on any atom is -0.354 e. The molecule has 122 valence electrons. The number of carbonyl (C=O) groups excluding carboxylic acids is 2. The molecular weight excluding hydrogens is 294 g/mol. The Morgan fingerprint density at radius 1 is 1.17 bits per heavy atom. The van der Waals surface area contributed by atoms with Crippen LogP contribution in [-0.2, 0) is 10.2 Å². The molecule has 0 bridgehead atoms. The number of hydrogen-bond acceptors (Lipinski definition) is 4. The molecule has 0 saturated carbocycles. The van der Waals surface area contributed by atoms with Gasteiger partial charge in [0.25, 0.3) is 5.91 Å². The van der Waals surface area contributed by atoms with Crippen molar-refractivity contribution in [2.45, 2.75) is 32.6 Å². The highest BCUT2D eigenvalue weighted by molar-refractivity contribution is 6.01. The first-order valence-electron chi connectivity index (χ1n) is 7.33. The number of aryl methyl sites for hydroxylation is 1. The second-order valence-electron chi connectivity index (χ2n) is 6.07. The number of anilines is 1. The SMILES string of the molecule is CNC(=O)c1n[nH]nc1NC(=O)CC(C)(C)c1ccc(C)cc1. The molecule has 2 amide bonds. The molecule has 23 heavy (non-hydrogen) atoms. The van der Waals surface area contributed by atoms with Gasteiger partial charge in [-0.3, -0.25) is 9.59 Å². The predicted octanol–water partition coefficient (Wildman–Crippen LogP) is 1.78. The molecular formula is C16H21N5O2. The Bertz CT molecular complexity index is 704. The number of aromatic amines is 1. The molecule has 0 spiro atoms. The largest absolute Gasteiger partial charge is 0.354 e. The van der Waals surface area contributed by atoms with Gasteiger partial charge in [0.15, 0.2) is 11.5 Å². The number of H-pyrrole nitrogens is 1. The predicted molar refractivity (Wildman–Crippen MR) is 87.2 cm³/mol. The summed E-state index contributed by atoms with van der Waals surface area (Å²) >= 11 is 0. The van der Waals surface area contributed by atoms with E-state index in [1.54, 1.807) is 0 Å². The number of hydrogen-bond donors (Lipinski definition) is 3. The summed E-state index contributed by atoms with van der Waals surface area (Å²) in [4.78, 5) is 23.9. The van der Waals surface area contributed by atoms with Gasteiger partial charge >= 0.3 is 0 Å². The Morgan fingerprint density at radius 3 is 2.43 bits per heavy atom. The molecule has 0 aliphatic heterocycles. The van der Waals surface area contributed by atoms with Gasteiger partial charge in [-0.2, -0.15) is 5.21 Å². The number of rotatable bonds is 5. The van der Waals surface area contributed by atoms with Crippen LogP contribution in [0.4, 0.5) is 5.82 Å². The van der Waals surface area contributed by atoms with Crippen molar-refractivity contribution in [3.05, 3.63) is 41.1 Å². The maximum Gasteiger partial charge on any atom is 0.275 e.